The molecule has 5 rings (SSSR count). The van der Waals surface area contributed by atoms with E-state index in [4.69, 9.17) is 32.5 Å². The van der Waals surface area contributed by atoms with Crippen molar-refractivity contribution in [3.63, 3.8) is 0 Å². The minimum absolute atomic E-state index is 0.181. The Labute approximate surface area is 176 Å². The SMILES string of the molecule is Cc1cc(N2C[C@]34C=C[C@H](O3)[C@@H](C(=O)NCc3ccc(Cl)c(Cl)c3)[C@H]4C2=O)no1. The molecule has 0 radical (unpaired) electrons. The van der Waals surface area contributed by atoms with Crippen LogP contribution < -0.4 is 10.2 Å². The van der Waals surface area contributed by atoms with Gasteiger partial charge in [0.25, 0.3) is 0 Å². The standard InChI is InChI=1S/C20H17Cl2N3O4/c1-10-6-15(24-29-10)25-9-20-5-4-14(28-20)16(17(20)19(25)27)18(26)23-8-11-2-3-12(21)13(22)7-11/h2-7,14,16-17H,8-9H2,1H3,(H,23,26)/t14-,16+,17-,20-/m0/s1. The van der Waals surface area contributed by atoms with Crippen LogP contribution in [0.15, 0.2) is 40.9 Å². The number of fused-ring (bicyclic) bond motifs is 1. The van der Waals surface area contributed by atoms with Crippen molar-refractivity contribution in [1.29, 1.82) is 0 Å². The average molecular weight is 434 g/mol. The summed E-state index contributed by atoms with van der Waals surface area (Å²) in [6, 6.07) is 6.88. The molecule has 2 amide bonds. The summed E-state index contributed by atoms with van der Waals surface area (Å²) in [4.78, 5) is 27.7. The third-order valence-electron chi connectivity index (χ3n) is 5.75. The molecular formula is C20H17Cl2N3O4. The van der Waals surface area contributed by atoms with Gasteiger partial charge in [-0.2, -0.15) is 0 Å². The number of aromatic nitrogens is 1. The summed E-state index contributed by atoms with van der Waals surface area (Å²) >= 11 is 12.0. The molecule has 1 N–H and O–H groups in total. The fourth-order valence-corrected chi connectivity index (χ4v) is 4.75. The van der Waals surface area contributed by atoms with E-state index in [9.17, 15) is 9.59 Å². The average Bonchev–Trinajstić information content (AvgIpc) is 3.43. The third kappa shape index (κ3) is 2.87. The minimum Gasteiger partial charge on any atom is -0.360 e. The molecule has 0 saturated carbocycles. The molecule has 2 saturated heterocycles. The van der Waals surface area contributed by atoms with Gasteiger partial charge in [0.1, 0.15) is 11.4 Å². The molecule has 29 heavy (non-hydrogen) atoms. The topological polar surface area (TPSA) is 84.7 Å². The molecule has 3 aliphatic heterocycles. The van der Waals surface area contributed by atoms with Crippen molar-refractivity contribution in [3.05, 3.63) is 57.8 Å². The molecule has 9 heteroatoms. The zero-order valence-corrected chi connectivity index (χ0v) is 16.9. The van der Waals surface area contributed by atoms with Gasteiger partial charge in [-0.1, -0.05) is 46.6 Å². The van der Waals surface area contributed by atoms with Crippen LogP contribution >= 0.6 is 23.2 Å². The number of benzene rings is 1. The monoisotopic (exact) mass is 433 g/mol. The fourth-order valence-electron chi connectivity index (χ4n) is 4.43. The lowest BCUT2D eigenvalue weighted by Crippen LogP contribution is -2.44. The number of carbonyl (C=O) groups excluding carboxylic acids is 2. The van der Waals surface area contributed by atoms with Gasteiger partial charge < -0.3 is 14.6 Å². The molecule has 1 aromatic carbocycles. The molecule has 150 valence electrons. The number of halogens is 2. The van der Waals surface area contributed by atoms with Crippen molar-refractivity contribution in [2.24, 2.45) is 11.8 Å². The van der Waals surface area contributed by atoms with Crippen LogP contribution in [0.3, 0.4) is 0 Å². The number of rotatable bonds is 4. The summed E-state index contributed by atoms with van der Waals surface area (Å²) < 4.78 is 11.2. The summed E-state index contributed by atoms with van der Waals surface area (Å²) in [5.41, 5.74) is 0.0136. The van der Waals surface area contributed by atoms with Crippen molar-refractivity contribution in [3.8, 4) is 0 Å². The maximum absolute atomic E-state index is 13.2. The Balaban J connectivity index is 1.36. The van der Waals surface area contributed by atoms with E-state index in [0.717, 1.165) is 5.56 Å². The van der Waals surface area contributed by atoms with Crippen LogP contribution in [-0.4, -0.2) is 35.2 Å². The lowest BCUT2D eigenvalue weighted by Gasteiger charge is -2.23. The largest absolute Gasteiger partial charge is 0.360 e. The normalized spacial score (nSPS) is 29.6. The van der Waals surface area contributed by atoms with Crippen molar-refractivity contribution >= 4 is 40.8 Å². The fraction of sp³-hybridized carbons (Fsp3) is 0.350. The molecule has 7 nitrogen and oxygen atoms in total. The highest BCUT2D eigenvalue weighted by Crippen LogP contribution is 2.52. The number of anilines is 1. The number of carbonyl (C=O) groups is 2. The van der Waals surface area contributed by atoms with Crippen molar-refractivity contribution in [1.82, 2.24) is 10.5 Å². The van der Waals surface area contributed by atoms with Crippen LogP contribution in [0.4, 0.5) is 5.82 Å². The molecule has 2 aromatic rings. The predicted octanol–water partition coefficient (Wildman–Crippen LogP) is 2.89. The zero-order chi connectivity index (χ0) is 20.3. The van der Waals surface area contributed by atoms with Crippen molar-refractivity contribution in [2.75, 3.05) is 11.4 Å². The predicted molar refractivity (Wildman–Crippen MR) is 106 cm³/mol. The molecule has 0 unspecified atom stereocenters. The van der Waals surface area contributed by atoms with E-state index in [0.29, 0.717) is 28.2 Å². The Morgan fingerprint density at radius 3 is 2.90 bits per heavy atom. The van der Waals surface area contributed by atoms with Gasteiger partial charge in [0.2, 0.25) is 11.8 Å². The second-order valence-electron chi connectivity index (χ2n) is 7.59. The van der Waals surface area contributed by atoms with Gasteiger partial charge in [-0.25, -0.2) is 0 Å². The summed E-state index contributed by atoms with van der Waals surface area (Å²) in [7, 11) is 0. The lowest BCUT2D eigenvalue weighted by molar-refractivity contribution is -0.132. The van der Waals surface area contributed by atoms with Crippen molar-refractivity contribution in [2.45, 2.75) is 25.2 Å². The smallest absolute Gasteiger partial charge is 0.235 e. The minimum atomic E-state index is -0.805. The molecule has 0 aliphatic carbocycles. The second kappa shape index (κ2) is 6.58. The van der Waals surface area contributed by atoms with E-state index in [-0.39, 0.29) is 18.4 Å². The molecule has 2 bridgehead atoms. The van der Waals surface area contributed by atoms with Gasteiger partial charge in [-0.05, 0) is 24.6 Å². The summed E-state index contributed by atoms with van der Waals surface area (Å²) in [6.07, 6.45) is 3.35. The second-order valence-corrected chi connectivity index (χ2v) is 8.40. The van der Waals surface area contributed by atoms with Gasteiger partial charge in [-0.3, -0.25) is 14.5 Å². The van der Waals surface area contributed by atoms with Gasteiger partial charge >= 0.3 is 0 Å². The summed E-state index contributed by atoms with van der Waals surface area (Å²) in [5.74, 6) is -0.564. The van der Waals surface area contributed by atoms with Crippen LogP contribution in [0.5, 0.6) is 0 Å². The molecule has 4 heterocycles. The van der Waals surface area contributed by atoms with Gasteiger partial charge in [0.05, 0.1) is 34.5 Å². The highest BCUT2D eigenvalue weighted by Gasteiger charge is 2.67. The van der Waals surface area contributed by atoms with Crippen LogP contribution in [0.25, 0.3) is 0 Å². The number of nitrogens with one attached hydrogen (secondary N) is 1. The van der Waals surface area contributed by atoms with E-state index < -0.39 is 23.5 Å². The van der Waals surface area contributed by atoms with Crippen molar-refractivity contribution < 1.29 is 18.8 Å². The zero-order valence-electron chi connectivity index (χ0n) is 15.4. The Bertz CT molecular complexity index is 1050. The number of hydrogen-bond acceptors (Lipinski definition) is 5. The first-order valence-electron chi connectivity index (χ1n) is 9.21. The summed E-state index contributed by atoms with van der Waals surface area (Å²) in [5, 5.41) is 7.72. The molecule has 4 atom stereocenters. The molecule has 2 fully saturated rings. The third-order valence-corrected chi connectivity index (χ3v) is 6.48. The van der Waals surface area contributed by atoms with Gasteiger partial charge in [0.15, 0.2) is 5.82 Å². The Morgan fingerprint density at radius 1 is 1.34 bits per heavy atom. The number of nitrogens with zero attached hydrogens (tertiary/aromatic N) is 2. The van der Waals surface area contributed by atoms with E-state index in [2.05, 4.69) is 10.5 Å². The highest BCUT2D eigenvalue weighted by atomic mass is 35.5. The molecule has 1 aromatic heterocycles. The Hall–Kier alpha value is -2.35. The van der Waals surface area contributed by atoms with Crippen LogP contribution in [0, 0.1) is 18.8 Å². The molecule has 3 aliphatic rings. The van der Waals surface area contributed by atoms with E-state index in [1.807, 2.05) is 12.2 Å². The lowest BCUT2D eigenvalue weighted by atomic mass is 9.77. The Kier molecular flexibility index (Phi) is 4.24. The van der Waals surface area contributed by atoms with Gasteiger partial charge in [-0.15, -0.1) is 0 Å². The molecular weight excluding hydrogens is 417 g/mol. The molecule has 1 spiro atoms. The number of ether oxygens (including phenoxy) is 1. The first-order chi connectivity index (χ1) is 13.9. The quantitative estimate of drug-likeness (QED) is 0.749. The van der Waals surface area contributed by atoms with Crippen LogP contribution in [0.1, 0.15) is 11.3 Å². The van der Waals surface area contributed by atoms with Gasteiger partial charge in [0, 0.05) is 12.6 Å². The summed E-state index contributed by atoms with van der Waals surface area (Å²) in [6.45, 7) is 2.35. The van der Waals surface area contributed by atoms with E-state index in [1.54, 1.807) is 31.2 Å². The maximum Gasteiger partial charge on any atom is 0.235 e. The highest BCUT2D eigenvalue weighted by molar-refractivity contribution is 6.42. The first kappa shape index (κ1) is 18.7. The van der Waals surface area contributed by atoms with E-state index >= 15 is 0 Å². The van der Waals surface area contributed by atoms with Crippen LogP contribution in [-0.2, 0) is 20.9 Å². The maximum atomic E-state index is 13.2. The van der Waals surface area contributed by atoms with Crippen LogP contribution in [0.2, 0.25) is 10.0 Å². The Morgan fingerprint density at radius 2 is 2.17 bits per heavy atom. The number of hydrogen-bond donors (Lipinski definition) is 1. The first-order valence-corrected chi connectivity index (χ1v) is 9.97. The van der Waals surface area contributed by atoms with E-state index in [1.165, 1.54) is 4.90 Å². The number of aryl methyl sites for hydroxylation is 1. The number of amides is 2.